The first-order chi connectivity index (χ1) is 9.12. The Morgan fingerprint density at radius 3 is 1.75 bits per heavy atom. The van der Waals surface area contributed by atoms with Crippen molar-refractivity contribution in [2.45, 2.75) is 5.92 Å². The number of non-ortho nitro benzene ring substituents is 1. The standard InChI is InChI=1S/C7H3FN4O8/c8-7(11(17)18,12(19)20)5-2-1-4(9(13)14)3-6(5)10(15)16/h1-3H. The third-order valence-electron chi connectivity index (χ3n) is 2.22. The molecule has 106 valence electrons. The van der Waals surface area contributed by atoms with Gasteiger partial charge in [-0.25, -0.2) is 0 Å². The van der Waals surface area contributed by atoms with Crippen molar-refractivity contribution >= 4 is 11.4 Å². The van der Waals surface area contributed by atoms with Crippen molar-refractivity contribution in [2.24, 2.45) is 0 Å². The lowest BCUT2D eigenvalue weighted by Gasteiger charge is -2.08. The molecule has 0 aliphatic rings. The normalized spacial score (nSPS) is 10.8. The minimum absolute atomic E-state index is 0.205. The predicted molar refractivity (Wildman–Crippen MR) is 56.5 cm³/mol. The van der Waals surface area contributed by atoms with E-state index in [2.05, 4.69) is 0 Å². The Bertz CT molecular complexity index is 617. The zero-order valence-corrected chi connectivity index (χ0v) is 9.16. The number of alkyl halides is 1. The van der Waals surface area contributed by atoms with Crippen molar-refractivity contribution in [3.63, 3.8) is 0 Å². The number of benzene rings is 1. The predicted octanol–water partition coefficient (Wildman–Crippen LogP) is 1.14. The molecule has 0 saturated carbocycles. The van der Waals surface area contributed by atoms with Crippen LogP contribution in [0.3, 0.4) is 0 Å². The van der Waals surface area contributed by atoms with Gasteiger partial charge in [0.1, 0.15) is 9.85 Å². The van der Waals surface area contributed by atoms with Crippen LogP contribution >= 0.6 is 0 Å². The molecule has 0 fully saturated rings. The second-order valence-electron chi connectivity index (χ2n) is 3.32. The topological polar surface area (TPSA) is 173 Å². The molecule has 0 aliphatic heterocycles. The quantitative estimate of drug-likeness (QED) is 0.335. The van der Waals surface area contributed by atoms with Crippen LogP contribution in [0.25, 0.3) is 0 Å². The van der Waals surface area contributed by atoms with Gasteiger partial charge in [0.25, 0.3) is 11.4 Å². The van der Waals surface area contributed by atoms with E-state index in [9.17, 15) is 44.8 Å². The van der Waals surface area contributed by atoms with Crippen LogP contribution in [0.1, 0.15) is 5.56 Å². The number of hydrogen-bond acceptors (Lipinski definition) is 8. The molecule has 1 aromatic rings. The largest absolute Gasteiger partial charge is 0.649 e. The highest BCUT2D eigenvalue weighted by molar-refractivity contribution is 5.50. The molecular weight excluding hydrogens is 287 g/mol. The van der Waals surface area contributed by atoms with Crippen molar-refractivity contribution in [1.82, 2.24) is 0 Å². The number of nitrogens with zero attached hydrogens (tertiary/aromatic N) is 4. The van der Waals surface area contributed by atoms with Crippen LogP contribution in [0.15, 0.2) is 18.2 Å². The number of nitro benzene ring substituents is 2. The summed E-state index contributed by atoms with van der Waals surface area (Å²) in [5, 5.41) is 42.1. The van der Waals surface area contributed by atoms with Crippen LogP contribution in [-0.4, -0.2) is 19.7 Å². The van der Waals surface area contributed by atoms with Crippen LogP contribution in [0.2, 0.25) is 0 Å². The first kappa shape index (κ1) is 14.8. The zero-order chi connectivity index (χ0) is 15.7. The van der Waals surface area contributed by atoms with Crippen LogP contribution < -0.4 is 0 Å². The summed E-state index contributed by atoms with van der Waals surface area (Å²) in [5.41, 5.74) is -3.81. The third kappa shape index (κ3) is 2.18. The second kappa shape index (κ2) is 4.79. The van der Waals surface area contributed by atoms with Gasteiger partial charge in [0.15, 0.2) is 0 Å². The van der Waals surface area contributed by atoms with E-state index >= 15 is 0 Å². The molecule has 0 heterocycles. The molecule has 0 aliphatic carbocycles. The average molecular weight is 290 g/mol. The Morgan fingerprint density at radius 1 is 0.900 bits per heavy atom. The highest BCUT2D eigenvalue weighted by Gasteiger charge is 2.64. The van der Waals surface area contributed by atoms with Gasteiger partial charge in [-0.15, -0.1) is 0 Å². The van der Waals surface area contributed by atoms with Crippen LogP contribution in [0, 0.1) is 40.5 Å². The third-order valence-corrected chi connectivity index (χ3v) is 2.22. The van der Waals surface area contributed by atoms with E-state index < -0.39 is 42.5 Å². The van der Waals surface area contributed by atoms with Gasteiger partial charge in [-0.3, -0.25) is 40.5 Å². The van der Waals surface area contributed by atoms with E-state index in [0.29, 0.717) is 6.07 Å². The van der Waals surface area contributed by atoms with Crippen molar-refractivity contribution < 1.29 is 24.1 Å². The molecule has 0 aromatic heterocycles. The molecule has 0 amide bonds. The summed E-state index contributed by atoms with van der Waals surface area (Å²) >= 11 is 0. The first-order valence-corrected chi connectivity index (χ1v) is 4.53. The van der Waals surface area contributed by atoms with Crippen molar-refractivity contribution in [2.75, 3.05) is 0 Å². The Labute approximate surface area is 107 Å². The minimum atomic E-state index is -4.47. The lowest BCUT2D eigenvalue weighted by atomic mass is 10.1. The molecule has 0 radical (unpaired) electrons. The summed E-state index contributed by atoms with van der Waals surface area (Å²) < 4.78 is 13.9. The fourth-order valence-electron chi connectivity index (χ4n) is 1.32. The molecule has 0 saturated heterocycles. The van der Waals surface area contributed by atoms with Gasteiger partial charge < -0.3 is 0 Å². The van der Waals surface area contributed by atoms with E-state index in [-0.39, 0.29) is 12.1 Å². The maximum atomic E-state index is 13.9. The molecule has 0 unspecified atom stereocenters. The maximum absolute atomic E-state index is 13.9. The number of hydrogen-bond donors (Lipinski definition) is 0. The zero-order valence-electron chi connectivity index (χ0n) is 9.16. The second-order valence-corrected chi connectivity index (χ2v) is 3.32. The Hall–Kier alpha value is -3.25. The summed E-state index contributed by atoms with van der Waals surface area (Å²) in [7, 11) is 0. The first-order valence-electron chi connectivity index (χ1n) is 4.53. The smallest absolute Gasteiger partial charge is 0.258 e. The van der Waals surface area contributed by atoms with E-state index in [1.807, 2.05) is 0 Å². The maximum Gasteiger partial charge on any atom is 0.649 e. The molecule has 0 bridgehead atoms. The van der Waals surface area contributed by atoms with Crippen LogP contribution in [0.5, 0.6) is 0 Å². The minimum Gasteiger partial charge on any atom is -0.258 e. The van der Waals surface area contributed by atoms with Crippen molar-refractivity contribution in [3.8, 4) is 0 Å². The van der Waals surface area contributed by atoms with Crippen molar-refractivity contribution in [3.05, 3.63) is 64.2 Å². The van der Waals surface area contributed by atoms with Gasteiger partial charge in [0.05, 0.1) is 15.9 Å². The Morgan fingerprint density at radius 2 is 1.40 bits per heavy atom. The van der Waals surface area contributed by atoms with E-state index in [1.54, 1.807) is 0 Å². The Balaban J connectivity index is 3.67. The molecule has 0 spiro atoms. The molecule has 20 heavy (non-hydrogen) atoms. The molecule has 1 rings (SSSR count). The number of rotatable bonds is 5. The van der Waals surface area contributed by atoms with Gasteiger partial charge in [0.2, 0.25) is 5.56 Å². The van der Waals surface area contributed by atoms with Crippen molar-refractivity contribution in [1.29, 1.82) is 0 Å². The van der Waals surface area contributed by atoms with E-state index in [0.717, 1.165) is 0 Å². The van der Waals surface area contributed by atoms with Gasteiger partial charge in [-0.05, 0) is 6.07 Å². The molecule has 0 atom stereocenters. The molecule has 1 aromatic carbocycles. The lowest BCUT2D eigenvalue weighted by molar-refractivity contribution is -0.846. The van der Waals surface area contributed by atoms with E-state index in [4.69, 9.17) is 0 Å². The fourth-order valence-corrected chi connectivity index (χ4v) is 1.32. The summed E-state index contributed by atoms with van der Waals surface area (Å²) in [6, 6.07) is 0.961. The summed E-state index contributed by atoms with van der Waals surface area (Å²) in [6.07, 6.45) is 0. The number of nitro groups is 4. The molecule has 12 nitrogen and oxygen atoms in total. The highest BCUT2D eigenvalue weighted by atomic mass is 19.2. The molecule has 13 heteroatoms. The summed E-state index contributed by atoms with van der Waals surface area (Å²) in [5.74, 6) is -4.47. The monoisotopic (exact) mass is 290 g/mol. The fraction of sp³-hybridized carbons (Fsp3) is 0.143. The van der Waals surface area contributed by atoms with Crippen LogP contribution in [0.4, 0.5) is 15.8 Å². The van der Waals surface area contributed by atoms with E-state index in [1.165, 1.54) is 0 Å². The van der Waals surface area contributed by atoms with Gasteiger partial charge >= 0.3 is 5.92 Å². The lowest BCUT2D eigenvalue weighted by Crippen LogP contribution is -2.39. The molecule has 0 N–H and O–H groups in total. The summed E-state index contributed by atoms with van der Waals surface area (Å²) in [4.78, 5) is 35.7. The average Bonchev–Trinajstić information content (AvgIpc) is 2.36. The summed E-state index contributed by atoms with van der Waals surface area (Å²) in [6.45, 7) is 0. The van der Waals surface area contributed by atoms with Gasteiger partial charge in [0, 0.05) is 6.07 Å². The van der Waals surface area contributed by atoms with Crippen LogP contribution in [-0.2, 0) is 5.92 Å². The van der Waals surface area contributed by atoms with Gasteiger partial charge in [-0.1, -0.05) is 4.39 Å². The number of halogens is 1. The highest BCUT2D eigenvalue weighted by Crippen LogP contribution is 2.36. The van der Waals surface area contributed by atoms with Gasteiger partial charge in [-0.2, -0.15) is 0 Å². The SMILES string of the molecule is O=[N+]([O-])c1ccc(C(F)([N+](=O)[O-])[N+](=O)[O-])c([N+](=O)[O-])c1. The molecular formula is C7H3FN4O8. The Kier molecular flexibility index (Phi) is 3.55.